The van der Waals surface area contributed by atoms with Gasteiger partial charge in [-0.25, -0.2) is 9.88 Å². The molecule has 1 aromatic heterocycles. The number of benzene rings is 2. The summed E-state index contributed by atoms with van der Waals surface area (Å²) in [6, 6.07) is 12.5. The van der Waals surface area contributed by atoms with Gasteiger partial charge in [0.05, 0.1) is 24.2 Å². The number of thioether (sulfide) groups is 1. The van der Waals surface area contributed by atoms with E-state index in [2.05, 4.69) is 22.1 Å². The maximum atomic E-state index is 13.0. The zero-order chi connectivity index (χ0) is 23.5. The second-order valence-electron chi connectivity index (χ2n) is 7.77. The number of aromatic nitrogens is 3. The molecule has 1 fully saturated rings. The number of unbranched alkanes of at least 4 members (excludes halogenated alkanes) is 1. The molecule has 0 radical (unpaired) electrons. The van der Waals surface area contributed by atoms with Crippen LogP contribution in [-0.2, 0) is 9.59 Å². The molecule has 1 saturated heterocycles. The van der Waals surface area contributed by atoms with Gasteiger partial charge in [0.25, 0.3) is 0 Å². The van der Waals surface area contributed by atoms with E-state index in [0.29, 0.717) is 40.4 Å². The second-order valence-corrected chi connectivity index (χ2v) is 8.94. The maximum absolute atomic E-state index is 13.0. The quantitative estimate of drug-likeness (QED) is 0.352. The summed E-state index contributed by atoms with van der Waals surface area (Å²) in [5, 5.41) is 7.78. The van der Waals surface area contributed by atoms with Gasteiger partial charge < -0.3 is 14.2 Å². The number of anilines is 1. The minimum Gasteiger partial charge on any atom is -0.494 e. The Labute approximate surface area is 200 Å². The van der Waals surface area contributed by atoms with Gasteiger partial charge in [0.1, 0.15) is 11.0 Å². The van der Waals surface area contributed by atoms with Gasteiger partial charge in [-0.3, -0.25) is 9.59 Å². The van der Waals surface area contributed by atoms with Crippen LogP contribution in [0.4, 0.5) is 5.69 Å². The first-order chi connectivity index (χ1) is 16.6. The number of ether oxygens (including phenoxy) is 3. The normalized spacial score (nSPS) is 16.9. The Kier molecular flexibility index (Phi) is 6.31. The van der Waals surface area contributed by atoms with Crippen molar-refractivity contribution < 1.29 is 23.8 Å². The lowest BCUT2D eigenvalue weighted by Crippen LogP contribution is -2.31. The molecule has 10 heteroatoms. The lowest BCUT2D eigenvalue weighted by molar-refractivity contribution is -0.121. The molecule has 3 aromatic rings. The van der Waals surface area contributed by atoms with Crippen LogP contribution in [0.3, 0.4) is 0 Å². The van der Waals surface area contributed by atoms with E-state index in [0.717, 1.165) is 30.2 Å². The molecule has 5 rings (SSSR count). The number of nitrogens with zero attached hydrogens (tertiary/aromatic N) is 4. The molecule has 1 unspecified atom stereocenters. The highest BCUT2D eigenvalue weighted by molar-refractivity contribution is 8.00. The van der Waals surface area contributed by atoms with Gasteiger partial charge in [0.2, 0.25) is 23.8 Å². The standard InChI is InChI=1S/C24H22N4O5S/c1-2-3-10-31-17-7-5-16(6-8-17)28-22(29)12-21(23(28)30)34-24-26-18(13-25-27-24)15-4-9-19-20(11-15)33-14-32-19/h4-9,11,13,21H,2-3,10,12,14H2,1H3. The highest BCUT2D eigenvalue weighted by Crippen LogP contribution is 2.36. The number of hydrogen-bond donors (Lipinski definition) is 0. The zero-order valence-corrected chi connectivity index (χ0v) is 19.3. The van der Waals surface area contributed by atoms with Crippen LogP contribution in [0, 0.1) is 0 Å². The van der Waals surface area contributed by atoms with Gasteiger partial charge in [0.15, 0.2) is 11.5 Å². The molecule has 2 aliphatic rings. The average molecular weight is 479 g/mol. The van der Waals surface area contributed by atoms with E-state index in [9.17, 15) is 9.59 Å². The molecule has 9 nitrogen and oxygen atoms in total. The molecule has 174 valence electrons. The lowest BCUT2D eigenvalue weighted by atomic mass is 10.1. The Morgan fingerprint density at radius 1 is 1.12 bits per heavy atom. The highest BCUT2D eigenvalue weighted by atomic mass is 32.2. The molecule has 0 saturated carbocycles. The molecule has 2 aromatic carbocycles. The number of imide groups is 1. The lowest BCUT2D eigenvalue weighted by Gasteiger charge is -2.15. The maximum Gasteiger partial charge on any atom is 0.247 e. The Morgan fingerprint density at radius 3 is 2.76 bits per heavy atom. The van der Waals surface area contributed by atoms with Gasteiger partial charge in [-0.2, -0.15) is 5.10 Å². The van der Waals surface area contributed by atoms with Crippen molar-refractivity contribution in [2.75, 3.05) is 18.3 Å². The fourth-order valence-electron chi connectivity index (χ4n) is 3.65. The minimum atomic E-state index is -0.623. The third-order valence-corrected chi connectivity index (χ3v) is 6.46. The van der Waals surface area contributed by atoms with Crippen LogP contribution in [0.25, 0.3) is 11.3 Å². The number of rotatable bonds is 8. The number of amides is 2. The van der Waals surface area contributed by atoms with E-state index >= 15 is 0 Å². The van der Waals surface area contributed by atoms with Gasteiger partial charge >= 0.3 is 0 Å². The first-order valence-corrected chi connectivity index (χ1v) is 11.9. The van der Waals surface area contributed by atoms with E-state index in [1.165, 1.54) is 4.90 Å². The van der Waals surface area contributed by atoms with E-state index in [4.69, 9.17) is 14.2 Å². The smallest absolute Gasteiger partial charge is 0.247 e. The summed E-state index contributed by atoms with van der Waals surface area (Å²) in [7, 11) is 0. The summed E-state index contributed by atoms with van der Waals surface area (Å²) in [5.74, 6) is 1.46. The van der Waals surface area contributed by atoms with Crippen LogP contribution in [0.1, 0.15) is 26.2 Å². The van der Waals surface area contributed by atoms with E-state index in [1.807, 2.05) is 18.2 Å². The van der Waals surface area contributed by atoms with Crippen LogP contribution in [-0.4, -0.2) is 45.6 Å². The predicted molar refractivity (Wildman–Crippen MR) is 125 cm³/mol. The van der Waals surface area contributed by atoms with Crippen LogP contribution >= 0.6 is 11.8 Å². The summed E-state index contributed by atoms with van der Waals surface area (Å²) in [4.78, 5) is 31.4. The van der Waals surface area contributed by atoms with Crippen molar-refractivity contribution >= 4 is 29.3 Å². The summed E-state index contributed by atoms with van der Waals surface area (Å²) in [5.41, 5.74) is 1.90. The first kappa shape index (κ1) is 22.1. The number of carbonyl (C=O) groups is 2. The second kappa shape index (κ2) is 9.68. The molecule has 1 atom stereocenters. The van der Waals surface area contributed by atoms with Crippen molar-refractivity contribution in [1.82, 2.24) is 15.2 Å². The molecule has 2 aliphatic heterocycles. The molecule has 0 bridgehead atoms. The van der Waals surface area contributed by atoms with Crippen molar-refractivity contribution in [2.24, 2.45) is 0 Å². The Bertz CT molecular complexity index is 1220. The fraction of sp³-hybridized carbons (Fsp3) is 0.292. The van der Waals surface area contributed by atoms with E-state index < -0.39 is 5.25 Å². The highest BCUT2D eigenvalue weighted by Gasteiger charge is 2.40. The molecule has 0 aliphatic carbocycles. The molecule has 2 amide bonds. The Balaban J connectivity index is 1.28. The predicted octanol–water partition coefficient (Wildman–Crippen LogP) is 3.87. The van der Waals surface area contributed by atoms with Crippen molar-refractivity contribution in [3.8, 4) is 28.5 Å². The van der Waals surface area contributed by atoms with Crippen LogP contribution in [0.5, 0.6) is 17.2 Å². The number of fused-ring (bicyclic) bond motifs is 1. The summed E-state index contributed by atoms with van der Waals surface area (Å²) >= 11 is 1.14. The van der Waals surface area contributed by atoms with E-state index in [1.54, 1.807) is 30.5 Å². The molecule has 0 spiro atoms. The first-order valence-electron chi connectivity index (χ1n) is 11.0. The monoisotopic (exact) mass is 478 g/mol. The van der Waals surface area contributed by atoms with Crippen LogP contribution in [0.2, 0.25) is 0 Å². The average Bonchev–Trinajstić information content (AvgIpc) is 3.43. The van der Waals surface area contributed by atoms with Gasteiger partial charge in [0, 0.05) is 12.0 Å². The van der Waals surface area contributed by atoms with E-state index in [-0.39, 0.29) is 25.0 Å². The van der Waals surface area contributed by atoms with Crippen LogP contribution < -0.4 is 19.1 Å². The minimum absolute atomic E-state index is 0.0653. The summed E-state index contributed by atoms with van der Waals surface area (Å²) < 4.78 is 16.4. The summed E-state index contributed by atoms with van der Waals surface area (Å²) in [6.45, 7) is 2.92. The van der Waals surface area contributed by atoms with Crippen molar-refractivity contribution in [3.05, 3.63) is 48.7 Å². The zero-order valence-electron chi connectivity index (χ0n) is 18.5. The molecule has 0 N–H and O–H groups in total. The fourth-order valence-corrected chi connectivity index (χ4v) is 4.58. The third kappa shape index (κ3) is 4.54. The molecule has 34 heavy (non-hydrogen) atoms. The third-order valence-electron chi connectivity index (χ3n) is 5.42. The van der Waals surface area contributed by atoms with Gasteiger partial charge in [-0.15, -0.1) is 5.10 Å². The van der Waals surface area contributed by atoms with Crippen molar-refractivity contribution in [1.29, 1.82) is 0 Å². The number of carbonyl (C=O) groups excluding carboxylic acids is 2. The van der Waals surface area contributed by atoms with Crippen molar-refractivity contribution in [3.63, 3.8) is 0 Å². The summed E-state index contributed by atoms with van der Waals surface area (Å²) in [6.07, 6.45) is 3.62. The molecular formula is C24H22N4O5S. The molecular weight excluding hydrogens is 456 g/mol. The topological polar surface area (TPSA) is 104 Å². The molecule has 3 heterocycles. The van der Waals surface area contributed by atoms with Crippen LogP contribution in [0.15, 0.2) is 53.8 Å². The Morgan fingerprint density at radius 2 is 1.94 bits per heavy atom. The largest absolute Gasteiger partial charge is 0.494 e. The van der Waals surface area contributed by atoms with Gasteiger partial charge in [-0.05, 0) is 48.9 Å². The Hall–Kier alpha value is -3.66. The SMILES string of the molecule is CCCCOc1ccc(N2C(=O)CC(Sc3nncc(-c4ccc5c(c4)OCO5)n3)C2=O)cc1. The van der Waals surface area contributed by atoms with Crippen molar-refractivity contribution in [2.45, 2.75) is 36.6 Å². The van der Waals surface area contributed by atoms with Gasteiger partial charge in [-0.1, -0.05) is 25.1 Å². The number of hydrogen-bond acceptors (Lipinski definition) is 9.